The second-order valence-electron chi connectivity index (χ2n) is 7.26. The van der Waals surface area contributed by atoms with Crippen LogP contribution in [0, 0.1) is 5.82 Å². The molecule has 1 aliphatic rings. The van der Waals surface area contributed by atoms with Crippen molar-refractivity contribution in [2.75, 3.05) is 0 Å². The number of fused-ring (bicyclic) bond motifs is 1. The monoisotopic (exact) mass is 525 g/mol. The molecule has 2 heterocycles. The van der Waals surface area contributed by atoms with Gasteiger partial charge in [-0.1, -0.05) is 22.5 Å². The second-order valence-corrected chi connectivity index (χ2v) is 8.22. The average Bonchev–Trinajstić information content (AvgIpc) is 3.16. The third-order valence-electron chi connectivity index (χ3n) is 5.00. The molecule has 1 saturated heterocycles. The third kappa shape index (κ3) is 4.30. The van der Waals surface area contributed by atoms with Crippen molar-refractivity contribution in [1.82, 2.24) is 4.98 Å². The lowest BCUT2D eigenvalue weighted by Crippen LogP contribution is -2.61. The number of hydrogen-bond acceptors (Lipinski definition) is 9. The summed E-state index contributed by atoms with van der Waals surface area (Å²) in [5.74, 6) is -2.64. The summed E-state index contributed by atoms with van der Waals surface area (Å²) in [5.41, 5.74) is 0.757. The fraction of sp³-hybridized carbons (Fsp3) is 0.238. The van der Waals surface area contributed by atoms with Crippen molar-refractivity contribution in [2.45, 2.75) is 30.7 Å². The number of ether oxygens (including phenoxy) is 2. The number of rotatable bonds is 5. The molecule has 1 fully saturated rings. The highest BCUT2D eigenvalue weighted by Crippen LogP contribution is 2.37. The van der Waals surface area contributed by atoms with Crippen molar-refractivity contribution < 1.29 is 48.6 Å². The molecular weight excluding hydrogens is 509 g/mol. The summed E-state index contributed by atoms with van der Waals surface area (Å²) >= 11 is 3.23. The van der Waals surface area contributed by atoms with Gasteiger partial charge in [-0.2, -0.15) is 0 Å². The number of nitrogens with zero attached hydrogens (tertiary/aromatic N) is 1. The van der Waals surface area contributed by atoms with E-state index in [0.29, 0.717) is 10.0 Å². The van der Waals surface area contributed by atoms with Crippen molar-refractivity contribution >= 4 is 37.5 Å². The number of aliphatic carboxylic acids is 1. The van der Waals surface area contributed by atoms with E-state index in [2.05, 4.69) is 27.5 Å². The van der Waals surface area contributed by atoms with Crippen LogP contribution in [0.5, 0.6) is 11.5 Å². The van der Waals surface area contributed by atoms with E-state index in [-0.39, 0.29) is 34.1 Å². The number of halogens is 2. The molecule has 4 rings (SSSR count). The lowest BCUT2D eigenvalue weighted by Gasteiger charge is -2.38. The normalized spacial score (nSPS) is 25.2. The molecule has 2 aromatic carbocycles. The van der Waals surface area contributed by atoms with Gasteiger partial charge in [-0.3, -0.25) is 0 Å². The van der Waals surface area contributed by atoms with Crippen molar-refractivity contribution in [3.63, 3.8) is 0 Å². The van der Waals surface area contributed by atoms with E-state index in [0.717, 1.165) is 6.07 Å². The maximum absolute atomic E-state index is 14.3. The zero-order valence-corrected chi connectivity index (χ0v) is 18.1. The highest BCUT2D eigenvalue weighted by Gasteiger charge is 2.48. The smallest absolute Gasteiger partial charge is 0.335 e. The number of aliphatic hydroxyl groups is 3. The summed E-state index contributed by atoms with van der Waals surface area (Å²) in [5, 5.41) is 48.6. The number of aliphatic hydroxyl groups excluding tert-OH is 3. The molecule has 12 heteroatoms. The summed E-state index contributed by atoms with van der Waals surface area (Å²) in [6, 6.07) is 6.25. The molecule has 1 unspecified atom stereocenters. The van der Waals surface area contributed by atoms with Gasteiger partial charge in [-0.15, -0.1) is 0 Å². The van der Waals surface area contributed by atoms with Gasteiger partial charge in [-0.05, 0) is 18.2 Å². The number of phenols is 1. The van der Waals surface area contributed by atoms with E-state index >= 15 is 0 Å². The number of aromatic hydroxyl groups is 1. The molecular formula is C21H17BrFNO9. The summed E-state index contributed by atoms with van der Waals surface area (Å²) in [7, 11) is 0. The Kier molecular flexibility index (Phi) is 6.12. The minimum Gasteiger partial charge on any atom is -0.508 e. The van der Waals surface area contributed by atoms with Crippen LogP contribution in [-0.4, -0.2) is 67.2 Å². The van der Waals surface area contributed by atoms with E-state index in [1.165, 1.54) is 24.3 Å². The number of oxazole rings is 1. The molecule has 0 saturated carbocycles. The van der Waals surface area contributed by atoms with Gasteiger partial charge >= 0.3 is 5.97 Å². The van der Waals surface area contributed by atoms with Crippen molar-refractivity contribution in [3.8, 4) is 23.0 Å². The average molecular weight is 526 g/mol. The molecule has 174 valence electrons. The van der Waals surface area contributed by atoms with Crippen LogP contribution in [-0.2, 0) is 9.53 Å². The lowest BCUT2D eigenvalue weighted by atomic mass is 9.99. The Bertz CT molecular complexity index is 1250. The van der Waals surface area contributed by atoms with Crippen LogP contribution in [0.25, 0.3) is 27.0 Å². The van der Waals surface area contributed by atoms with Gasteiger partial charge in [0.2, 0.25) is 12.2 Å². The van der Waals surface area contributed by atoms with Crippen LogP contribution in [0.15, 0.2) is 41.3 Å². The molecule has 33 heavy (non-hydrogen) atoms. The molecule has 5 N–H and O–H groups in total. The first kappa shape index (κ1) is 23.1. The van der Waals surface area contributed by atoms with E-state index in [4.69, 9.17) is 13.9 Å². The largest absolute Gasteiger partial charge is 0.508 e. The number of phenolic OH excluding ortho intramolecular Hbond substituents is 1. The lowest BCUT2D eigenvalue weighted by molar-refractivity contribution is -0.271. The van der Waals surface area contributed by atoms with E-state index in [1.54, 1.807) is 0 Å². The number of hydrogen-bond donors (Lipinski definition) is 5. The number of benzene rings is 2. The molecule has 0 spiro atoms. The molecule has 0 amide bonds. The van der Waals surface area contributed by atoms with E-state index < -0.39 is 42.5 Å². The zero-order valence-electron chi connectivity index (χ0n) is 16.6. The van der Waals surface area contributed by atoms with Crippen LogP contribution in [0.3, 0.4) is 0 Å². The molecule has 1 aliphatic heterocycles. The van der Waals surface area contributed by atoms with E-state index in [9.17, 15) is 34.7 Å². The van der Waals surface area contributed by atoms with Gasteiger partial charge < -0.3 is 39.4 Å². The Morgan fingerprint density at radius 3 is 2.52 bits per heavy atom. The fourth-order valence-corrected chi connectivity index (χ4v) is 3.65. The molecule has 10 nitrogen and oxygen atoms in total. The summed E-state index contributed by atoms with van der Waals surface area (Å²) in [6.45, 7) is 3.78. The topological polar surface area (TPSA) is 163 Å². The highest BCUT2D eigenvalue weighted by molar-refractivity contribution is 9.15. The van der Waals surface area contributed by atoms with Crippen LogP contribution in [0.1, 0.15) is 5.56 Å². The van der Waals surface area contributed by atoms with E-state index in [1.807, 2.05) is 0 Å². The number of carboxylic acid groups (broad SMARTS) is 1. The maximum atomic E-state index is 14.3. The van der Waals surface area contributed by atoms with Crippen molar-refractivity contribution in [2.24, 2.45) is 0 Å². The molecule has 3 aromatic rings. The minimum atomic E-state index is -1.86. The Hall–Kier alpha value is -3.03. The van der Waals surface area contributed by atoms with Crippen molar-refractivity contribution in [3.05, 3.63) is 48.3 Å². The first-order chi connectivity index (χ1) is 15.6. The SMILES string of the molecule is C=C(Br)c1cc(OC2O[C@H](C(=O)O)[C@@H](O)[C@H](O)[C@H]2O)cc2nc(-c3ccc(O)cc3F)oc12. The standard InChI is InChI=1S/C21H17BrFNO9/c1-7(22)11-5-9(31-21-16(28)14(26)15(27)18(33-21)20(29)30)6-13-17(11)32-19(24-13)10-3-2-8(25)4-12(10)23/h2-6,14-16,18,21,25-28H,1H2,(H,29,30)/t14-,15-,16+,18-,21?/m0/s1. The molecule has 5 atom stereocenters. The third-order valence-corrected chi connectivity index (χ3v) is 5.43. The van der Waals surface area contributed by atoms with Gasteiger partial charge in [0.05, 0.1) is 5.56 Å². The Morgan fingerprint density at radius 1 is 1.15 bits per heavy atom. The number of aromatic nitrogens is 1. The Morgan fingerprint density at radius 2 is 1.88 bits per heavy atom. The van der Waals surface area contributed by atoms with Crippen LogP contribution in [0.4, 0.5) is 4.39 Å². The van der Waals surface area contributed by atoms with Gasteiger partial charge in [0.25, 0.3) is 0 Å². The predicted octanol–water partition coefficient (Wildman–Crippen LogP) is 1.98. The van der Waals surface area contributed by atoms with Gasteiger partial charge in [0.1, 0.15) is 41.1 Å². The Labute approximate surface area is 193 Å². The Balaban J connectivity index is 1.73. The number of carbonyl (C=O) groups is 1. The maximum Gasteiger partial charge on any atom is 0.335 e. The van der Waals surface area contributed by atoms with Crippen LogP contribution >= 0.6 is 15.9 Å². The minimum absolute atomic E-state index is 0.00921. The first-order valence-corrected chi connectivity index (χ1v) is 10.2. The molecule has 1 aromatic heterocycles. The van der Waals surface area contributed by atoms with Crippen LogP contribution < -0.4 is 4.74 Å². The highest BCUT2D eigenvalue weighted by atomic mass is 79.9. The van der Waals surface area contributed by atoms with Gasteiger partial charge in [0, 0.05) is 22.2 Å². The first-order valence-electron chi connectivity index (χ1n) is 9.44. The second kappa shape index (κ2) is 8.72. The molecule has 0 aliphatic carbocycles. The van der Waals surface area contributed by atoms with Gasteiger partial charge in [0.15, 0.2) is 11.7 Å². The summed E-state index contributed by atoms with van der Waals surface area (Å²) in [6.07, 6.45) is -8.94. The zero-order chi connectivity index (χ0) is 24.0. The number of carboxylic acids is 1. The molecule has 0 bridgehead atoms. The fourth-order valence-electron chi connectivity index (χ4n) is 3.35. The summed E-state index contributed by atoms with van der Waals surface area (Å²) < 4.78 is 31.0. The quantitative estimate of drug-likeness (QED) is 0.332. The van der Waals surface area contributed by atoms with Crippen molar-refractivity contribution in [1.29, 1.82) is 0 Å². The van der Waals surface area contributed by atoms with Gasteiger partial charge in [-0.25, -0.2) is 14.2 Å². The predicted molar refractivity (Wildman–Crippen MR) is 114 cm³/mol. The summed E-state index contributed by atoms with van der Waals surface area (Å²) in [4.78, 5) is 15.5. The molecule has 0 radical (unpaired) electrons. The van der Waals surface area contributed by atoms with Crippen LogP contribution in [0.2, 0.25) is 0 Å².